The zero-order chi connectivity index (χ0) is 14.7. The molecule has 2 unspecified atom stereocenters. The van der Waals surface area contributed by atoms with Crippen LogP contribution < -0.4 is 5.32 Å². The maximum atomic E-state index is 6.21. The Hall–Kier alpha value is -0.120. The van der Waals surface area contributed by atoms with Gasteiger partial charge in [-0.2, -0.15) is 0 Å². The zero-order valence-electron chi connectivity index (χ0n) is 14.1. The Morgan fingerprint density at radius 2 is 1.90 bits per heavy atom. The van der Waals surface area contributed by atoms with Crippen molar-refractivity contribution in [2.45, 2.75) is 83.0 Å². The van der Waals surface area contributed by atoms with E-state index < -0.39 is 0 Å². The average Bonchev–Trinajstić information content (AvgIpc) is 2.68. The van der Waals surface area contributed by atoms with Crippen LogP contribution in [0.15, 0.2) is 0 Å². The minimum absolute atomic E-state index is 0.109. The summed E-state index contributed by atoms with van der Waals surface area (Å²) in [4.78, 5) is 2.69. The lowest BCUT2D eigenvalue weighted by Crippen LogP contribution is -2.45. The van der Waals surface area contributed by atoms with Gasteiger partial charge in [-0.25, -0.2) is 0 Å². The normalized spacial score (nSPS) is 35.7. The topological polar surface area (TPSA) is 24.5 Å². The van der Waals surface area contributed by atoms with Gasteiger partial charge < -0.3 is 10.1 Å². The Kier molecular flexibility index (Phi) is 5.23. The molecule has 21 heavy (non-hydrogen) atoms. The van der Waals surface area contributed by atoms with Crippen molar-refractivity contribution in [3.8, 4) is 0 Å². The van der Waals surface area contributed by atoms with E-state index in [1.165, 1.54) is 71.0 Å². The molecule has 1 saturated carbocycles. The standard InChI is InChI=1S/C18H34N2O/c1-18(2)10-9-16(21-18)13-20-12-6-11-19-17(14-20)15-7-4-3-5-8-15/h15-17,19H,3-14H2,1-2H3. The maximum Gasteiger partial charge on any atom is 0.0710 e. The summed E-state index contributed by atoms with van der Waals surface area (Å²) in [5.74, 6) is 0.917. The fraction of sp³-hybridized carbons (Fsp3) is 1.00. The maximum absolute atomic E-state index is 6.21. The van der Waals surface area contributed by atoms with Crippen molar-refractivity contribution in [2.75, 3.05) is 26.2 Å². The van der Waals surface area contributed by atoms with Crippen molar-refractivity contribution >= 4 is 0 Å². The second-order valence-corrected chi connectivity index (χ2v) is 8.11. The molecular formula is C18H34N2O. The molecule has 0 bridgehead atoms. The molecule has 2 saturated heterocycles. The summed E-state index contributed by atoms with van der Waals surface area (Å²) >= 11 is 0. The van der Waals surface area contributed by atoms with Gasteiger partial charge in [0.25, 0.3) is 0 Å². The van der Waals surface area contributed by atoms with Crippen LogP contribution in [0.4, 0.5) is 0 Å². The molecule has 1 aliphatic carbocycles. The van der Waals surface area contributed by atoms with Gasteiger partial charge in [0.15, 0.2) is 0 Å². The van der Waals surface area contributed by atoms with Gasteiger partial charge in [0.05, 0.1) is 11.7 Å². The van der Waals surface area contributed by atoms with E-state index in [4.69, 9.17) is 4.74 Å². The van der Waals surface area contributed by atoms with Gasteiger partial charge >= 0.3 is 0 Å². The third kappa shape index (κ3) is 4.43. The minimum atomic E-state index is 0.109. The quantitative estimate of drug-likeness (QED) is 0.865. The summed E-state index contributed by atoms with van der Waals surface area (Å²) in [6, 6.07) is 0.724. The molecule has 0 amide bonds. The summed E-state index contributed by atoms with van der Waals surface area (Å²) in [6.07, 6.45) is 11.4. The van der Waals surface area contributed by atoms with Crippen molar-refractivity contribution in [1.82, 2.24) is 10.2 Å². The van der Waals surface area contributed by atoms with Crippen molar-refractivity contribution in [3.05, 3.63) is 0 Å². The first-order valence-electron chi connectivity index (χ1n) is 9.26. The molecular weight excluding hydrogens is 260 g/mol. The van der Waals surface area contributed by atoms with Gasteiger partial charge in [-0.15, -0.1) is 0 Å². The van der Waals surface area contributed by atoms with E-state index >= 15 is 0 Å². The van der Waals surface area contributed by atoms with Gasteiger partial charge in [-0.1, -0.05) is 19.3 Å². The van der Waals surface area contributed by atoms with Gasteiger partial charge in [0.2, 0.25) is 0 Å². The molecule has 122 valence electrons. The van der Waals surface area contributed by atoms with Crippen LogP contribution in [0, 0.1) is 5.92 Å². The van der Waals surface area contributed by atoms with E-state index in [9.17, 15) is 0 Å². The first-order chi connectivity index (χ1) is 10.1. The monoisotopic (exact) mass is 294 g/mol. The smallest absolute Gasteiger partial charge is 0.0710 e. The highest BCUT2D eigenvalue weighted by molar-refractivity contribution is 4.87. The largest absolute Gasteiger partial charge is 0.371 e. The van der Waals surface area contributed by atoms with Gasteiger partial charge in [-0.3, -0.25) is 4.90 Å². The number of nitrogens with one attached hydrogen (secondary N) is 1. The molecule has 3 rings (SSSR count). The Morgan fingerprint density at radius 3 is 2.62 bits per heavy atom. The SMILES string of the molecule is CC1(C)CCC(CN2CCCNC(C3CCCCC3)C2)O1. The van der Waals surface area contributed by atoms with Gasteiger partial charge in [0.1, 0.15) is 0 Å². The second kappa shape index (κ2) is 6.97. The highest BCUT2D eigenvalue weighted by atomic mass is 16.5. The third-order valence-electron chi connectivity index (χ3n) is 5.75. The van der Waals surface area contributed by atoms with Crippen LogP contribution in [-0.4, -0.2) is 48.8 Å². The van der Waals surface area contributed by atoms with Crippen LogP contribution in [0.3, 0.4) is 0 Å². The summed E-state index contributed by atoms with van der Waals surface area (Å²) < 4.78 is 6.21. The highest BCUT2D eigenvalue weighted by Gasteiger charge is 2.34. The molecule has 2 aliphatic heterocycles. The Morgan fingerprint density at radius 1 is 1.10 bits per heavy atom. The van der Waals surface area contributed by atoms with Crippen molar-refractivity contribution in [1.29, 1.82) is 0 Å². The van der Waals surface area contributed by atoms with Crippen LogP contribution in [0.1, 0.15) is 65.2 Å². The molecule has 0 aromatic rings. The fourth-order valence-electron chi connectivity index (χ4n) is 4.54. The molecule has 0 spiro atoms. The van der Waals surface area contributed by atoms with Crippen molar-refractivity contribution < 1.29 is 4.74 Å². The lowest BCUT2D eigenvalue weighted by atomic mass is 9.83. The molecule has 1 N–H and O–H groups in total. The molecule has 0 aromatic heterocycles. The van der Waals surface area contributed by atoms with Crippen LogP contribution in [0.25, 0.3) is 0 Å². The summed E-state index contributed by atoms with van der Waals surface area (Å²) in [5, 5.41) is 3.84. The molecule has 0 aromatic carbocycles. The van der Waals surface area contributed by atoms with Crippen LogP contribution in [0.2, 0.25) is 0 Å². The van der Waals surface area contributed by atoms with Crippen LogP contribution in [-0.2, 0) is 4.74 Å². The lowest BCUT2D eigenvalue weighted by molar-refractivity contribution is -0.0293. The van der Waals surface area contributed by atoms with E-state index in [-0.39, 0.29) is 5.60 Å². The summed E-state index contributed by atoms with van der Waals surface area (Å²) in [6.45, 7) is 9.31. The Bertz CT molecular complexity index is 325. The minimum Gasteiger partial charge on any atom is -0.371 e. The highest BCUT2D eigenvalue weighted by Crippen LogP contribution is 2.31. The molecule has 3 fully saturated rings. The molecule has 3 aliphatic rings. The number of rotatable bonds is 3. The van der Waals surface area contributed by atoms with Gasteiger partial charge in [0, 0.05) is 19.1 Å². The molecule has 2 atom stereocenters. The molecule has 3 nitrogen and oxygen atoms in total. The number of ether oxygens (including phenoxy) is 1. The van der Waals surface area contributed by atoms with E-state index in [0.29, 0.717) is 6.10 Å². The molecule has 0 radical (unpaired) electrons. The van der Waals surface area contributed by atoms with Crippen LogP contribution >= 0.6 is 0 Å². The second-order valence-electron chi connectivity index (χ2n) is 8.11. The first-order valence-corrected chi connectivity index (χ1v) is 9.26. The Labute approximate surface area is 130 Å². The van der Waals surface area contributed by atoms with E-state index in [2.05, 4.69) is 24.1 Å². The van der Waals surface area contributed by atoms with Crippen molar-refractivity contribution in [3.63, 3.8) is 0 Å². The number of nitrogens with zero attached hydrogens (tertiary/aromatic N) is 1. The first kappa shape index (κ1) is 15.8. The fourth-order valence-corrected chi connectivity index (χ4v) is 4.54. The zero-order valence-corrected chi connectivity index (χ0v) is 14.1. The van der Waals surface area contributed by atoms with Gasteiger partial charge in [-0.05, 0) is 65.0 Å². The Balaban J connectivity index is 1.52. The molecule has 3 heteroatoms. The summed E-state index contributed by atoms with van der Waals surface area (Å²) in [5.41, 5.74) is 0.109. The van der Waals surface area contributed by atoms with E-state index in [0.717, 1.165) is 18.5 Å². The number of hydrogen-bond acceptors (Lipinski definition) is 3. The van der Waals surface area contributed by atoms with E-state index in [1.807, 2.05) is 0 Å². The van der Waals surface area contributed by atoms with Crippen LogP contribution in [0.5, 0.6) is 0 Å². The summed E-state index contributed by atoms with van der Waals surface area (Å²) in [7, 11) is 0. The average molecular weight is 294 g/mol. The predicted molar refractivity (Wildman–Crippen MR) is 87.6 cm³/mol. The van der Waals surface area contributed by atoms with E-state index in [1.54, 1.807) is 0 Å². The lowest BCUT2D eigenvalue weighted by Gasteiger charge is -2.33. The molecule has 2 heterocycles. The van der Waals surface area contributed by atoms with Crippen molar-refractivity contribution in [2.24, 2.45) is 5.92 Å². The third-order valence-corrected chi connectivity index (χ3v) is 5.75. The number of hydrogen-bond donors (Lipinski definition) is 1. The predicted octanol–water partition coefficient (Wildman–Crippen LogP) is 3.19.